The van der Waals surface area contributed by atoms with E-state index in [9.17, 15) is 0 Å². The highest BCUT2D eigenvalue weighted by Gasteiger charge is 2.22. The van der Waals surface area contributed by atoms with Gasteiger partial charge in [-0.15, -0.1) is 0 Å². The standard InChI is InChI=1S/C18H25N3/c1-4-20-12-6-5-7-17(20)16-10-11-18(19-13-16)21-14(2)8-9-15(21)3/h8-11,13,17H,4-7,12H2,1-3H3/t17-/m0/s1. The maximum absolute atomic E-state index is 4.72. The van der Waals surface area contributed by atoms with E-state index in [4.69, 9.17) is 4.98 Å². The number of nitrogens with zero attached hydrogens (tertiary/aromatic N) is 3. The molecular weight excluding hydrogens is 258 g/mol. The van der Waals surface area contributed by atoms with Crippen molar-refractivity contribution in [1.82, 2.24) is 14.5 Å². The fourth-order valence-electron chi connectivity index (χ4n) is 3.50. The zero-order valence-electron chi connectivity index (χ0n) is 13.3. The predicted molar refractivity (Wildman–Crippen MR) is 86.9 cm³/mol. The number of aromatic nitrogens is 2. The van der Waals surface area contributed by atoms with Crippen LogP contribution in [-0.4, -0.2) is 27.5 Å². The quantitative estimate of drug-likeness (QED) is 0.848. The Morgan fingerprint density at radius 1 is 1.10 bits per heavy atom. The number of hydrogen-bond acceptors (Lipinski definition) is 2. The van der Waals surface area contributed by atoms with Gasteiger partial charge in [-0.2, -0.15) is 0 Å². The first-order chi connectivity index (χ1) is 10.2. The molecule has 0 spiro atoms. The van der Waals surface area contributed by atoms with Gasteiger partial charge in [-0.3, -0.25) is 4.90 Å². The molecule has 2 aromatic rings. The van der Waals surface area contributed by atoms with Crippen molar-refractivity contribution in [2.45, 2.75) is 46.1 Å². The summed E-state index contributed by atoms with van der Waals surface area (Å²) in [6, 6.07) is 9.27. The lowest BCUT2D eigenvalue weighted by molar-refractivity contribution is 0.157. The molecule has 0 radical (unpaired) electrons. The van der Waals surface area contributed by atoms with Crippen molar-refractivity contribution in [2.75, 3.05) is 13.1 Å². The van der Waals surface area contributed by atoms with Gasteiger partial charge in [-0.25, -0.2) is 4.98 Å². The van der Waals surface area contributed by atoms with Gasteiger partial charge in [-0.05, 0) is 63.5 Å². The summed E-state index contributed by atoms with van der Waals surface area (Å²) < 4.78 is 2.21. The molecule has 0 aromatic carbocycles. The Hall–Kier alpha value is -1.61. The molecule has 1 aliphatic heterocycles. The number of pyridine rings is 1. The van der Waals surface area contributed by atoms with Crippen LogP contribution in [-0.2, 0) is 0 Å². The Morgan fingerprint density at radius 3 is 2.48 bits per heavy atom. The van der Waals surface area contributed by atoms with Crippen molar-refractivity contribution in [2.24, 2.45) is 0 Å². The van der Waals surface area contributed by atoms with E-state index in [2.05, 4.69) is 60.7 Å². The zero-order chi connectivity index (χ0) is 14.8. The second-order valence-corrected chi connectivity index (χ2v) is 6.04. The minimum Gasteiger partial charge on any atom is -0.303 e. The molecule has 3 rings (SSSR count). The van der Waals surface area contributed by atoms with Crippen LogP contribution in [0.4, 0.5) is 0 Å². The molecule has 0 saturated carbocycles. The summed E-state index contributed by atoms with van der Waals surface area (Å²) in [4.78, 5) is 7.30. The third kappa shape index (κ3) is 2.75. The summed E-state index contributed by atoms with van der Waals surface area (Å²) in [5.74, 6) is 1.03. The highest BCUT2D eigenvalue weighted by molar-refractivity contribution is 5.33. The van der Waals surface area contributed by atoms with Gasteiger partial charge >= 0.3 is 0 Å². The molecule has 0 N–H and O–H groups in total. The highest BCUT2D eigenvalue weighted by atomic mass is 15.2. The maximum atomic E-state index is 4.72. The SMILES string of the molecule is CCN1CCCC[C@H]1c1ccc(-n2c(C)ccc2C)nc1. The lowest BCUT2D eigenvalue weighted by Crippen LogP contribution is -2.33. The third-order valence-corrected chi connectivity index (χ3v) is 4.68. The molecule has 112 valence electrons. The van der Waals surface area contributed by atoms with Crippen LogP contribution in [0.25, 0.3) is 5.82 Å². The van der Waals surface area contributed by atoms with Gasteiger partial charge in [0.15, 0.2) is 0 Å². The van der Waals surface area contributed by atoms with Crippen LogP contribution in [0, 0.1) is 13.8 Å². The van der Waals surface area contributed by atoms with Crippen LogP contribution in [0.5, 0.6) is 0 Å². The summed E-state index contributed by atoms with van der Waals surface area (Å²) in [7, 11) is 0. The van der Waals surface area contributed by atoms with Gasteiger partial charge in [0.2, 0.25) is 0 Å². The predicted octanol–water partition coefficient (Wildman–Crippen LogP) is 4.04. The molecular formula is C18H25N3. The third-order valence-electron chi connectivity index (χ3n) is 4.68. The molecule has 0 bridgehead atoms. The van der Waals surface area contributed by atoms with Crippen molar-refractivity contribution in [3.05, 3.63) is 47.4 Å². The average Bonchev–Trinajstić information content (AvgIpc) is 2.86. The van der Waals surface area contributed by atoms with E-state index in [-0.39, 0.29) is 0 Å². The first kappa shape index (κ1) is 14.3. The van der Waals surface area contributed by atoms with Crippen LogP contribution < -0.4 is 0 Å². The summed E-state index contributed by atoms with van der Waals surface area (Å²) in [6.45, 7) is 8.86. The van der Waals surface area contributed by atoms with Crippen molar-refractivity contribution >= 4 is 0 Å². The minimum absolute atomic E-state index is 0.553. The fraction of sp³-hybridized carbons (Fsp3) is 0.500. The summed E-state index contributed by atoms with van der Waals surface area (Å²) in [6.07, 6.45) is 6.00. The average molecular weight is 283 g/mol. The van der Waals surface area contributed by atoms with Gasteiger partial charge in [0.1, 0.15) is 5.82 Å². The first-order valence-electron chi connectivity index (χ1n) is 8.06. The van der Waals surface area contributed by atoms with Crippen LogP contribution in [0.2, 0.25) is 0 Å². The number of hydrogen-bond donors (Lipinski definition) is 0. The van der Waals surface area contributed by atoms with E-state index >= 15 is 0 Å². The van der Waals surface area contributed by atoms with Crippen molar-refractivity contribution in [3.8, 4) is 5.82 Å². The van der Waals surface area contributed by atoms with Crippen LogP contribution >= 0.6 is 0 Å². The number of aryl methyl sites for hydroxylation is 2. The van der Waals surface area contributed by atoms with Crippen LogP contribution in [0.1, 0.15) is 49.2 Å². The molecule has 0 unspecified atom stereocenters. The van der Waals surface area contributed by atoms with Gasteiger partial charge in [-0.1, -0.05) is 19.4 Å². The normalized spacial score (nSPS) is 19.9. The highest BCUT2D eigenvalue weighted by Crippen LogP contribution is 2.30. The fourth-order valence-corrected chi connectivity index (χ4v) is 3.50. The smallest absolute Gasteiger partial charge is 0.136 e. The van der Waals surface area contributed by atoms with Crippen LogP contribution in [0.3, 0.4) is 0 Å². The summed E-state index contributed by atoms with van der Waals surface area (Å²) in [5.41, 5.74) is 3.84. The van der Waals surface area contributed by atoms with E-state index in [0.717, 1.165) is 12.4 Å². The first-order valence-corrected chi connectivity index (χ1v) is 8.06. The molecule has 1 saturated heterocycles. The molecule has 3 nitrogen and oxygen atoms in total. The number of likely N-dealkylation sites (tertiary alicyclic amines) is 1. The lowest BCUT2D eigenvalue weighted by atomic mass is 9.96. The van der Waals surface area contributed by atoms with Crippen molar-refractivity contribution in [3.63, 3.8) is 0 Å². The Bertz CT molecular complexity index is 578. The number of rotatable bonds is 3. The molecule has 21 heavy (non-hydrogen) atoms. The molecule has 2 aromatic heterocycles. The Labute approximate surface area is 127 Å². The second kappa shape index (κ2) is 6.02. The van der Waals surface area contributed by atoms with E-state index in [1.807, 2.05) is 0 Å². The summed E-state index contributed by atoms with van der Waals surface area (Å²) >= 11 is 0. The number of piperidine rings is 1. The topological polar surface area (TPSA) is 21.1 Å². The van der Waals surface area contributed by atoms with Gasteiger partial charge in [0.25, 0.3) is 0 Å². The summed E-state index contributed by atoms with van der Waals surface area (Å²) in [5, 5.41) is 0. The molecule has 1 atom stereocenters. The van der Waals surface area contributed by atoms with E-state index < -0.39 is 0 Å². The van der Waals surface area contributed by atoms with E-state index in [0.29, 0.717) is 6.04 Å². The maximum Gasteiger partial charge on any atom is 0.136 e. The van der Waals surface area contributed by atoms with Crippen molar-refractivity contribution in [1.29, 1.82) is 0 Å². The largest absolute Gasteiger partial charge is 0.303 e. The Morgan fingerprint density at radius 2 is 1.86 bits per heavy atom. The van der Waals surface area contributed by atoms with E-state index in [1.165, 1.54) is 42.8 Å². The molecule has 3 heteroatoms. The monoisotopic (exact) mass is 283 g/mol. The van der Waals surface area contributed by atoms with Crippen molar-refractivity contribution < 1.29 is 0 Å². The molecule has 0 aliphatic carbocycles. The zero-order valence-corrected chi connectivity index (χ0v) is 13.3. The molecule has 1 aliphatic rings. The van der Waals surface area contributed by atoms with Gasteiger partial charge < -0.3 is 4.57 Å². The Kier molecular flexibility index (Phi) is 4.11. The van der Waals surface area contributed by atoms with Gasteiger partial charge in [0.05, 0.1) is 0 Å². The molecule has 1 fully saturated rings. The van der Waals surface area contributed by atoms with E-state index in [1.54, 1.807) is 0 Å². The molecule has 3 heterocycles. The van der Waals surface area contributed by atoms with Crippen LogP contribution in [0.15, 0.2) is 30.5 Å². The Balaban J connectivity index is 1.87. The lowest BCUT2D eigenvalue weighted by Gasteiger charge is -2.35. The van der Waals surface area contributed by atoms with Gasteiger partial charge in [0, 0.05) is 23.6 Å². The second-order valence-electron chi connectivity index (χ2n) is 6.04. The minimum atomic E-state index is 0.553. The molecule has 0 amide bonds.